The van der Waals surface area contributed by atoms with Crippen LogP contribution in [0.15, 0.2) is 36.4 Å². The van der Waals surface area contributed by atoms with Gasteiger partial charge in [-0.2, -0.15) is 5.10 Å². The summed E-state index contributed by atoms with van der Waals surface area (Å²) in [7, 11) is 0. The van der Waals surface area contributed by atoms with Crippen molar-refractivity contribution in [3.63, 3.8) is 0 Å². The standard InChI is InChI=1S/C32H36ClN5O4.C2H6/c1-19-14-24(15-21-18-36(12-10-25(19)21)31(41)42-32(2,3)4)37-13-11-26-27(29(39)34-17-20-8-9-20)35-38(28(26)30(37)40)23-7-5-6-22(33)16-23;1-2/h5-7,14-16,20H,8-13,17-18H2,1-4H3,(H,34,39);1-2H3. The maximum Gasteiger partial charge on any atom is 0.410 e. The highest BCUT2D eigenvalue weighted by Gasteiger charge is 2.36. The van der Waals surface area contributed by atoms with E-state index >= 15 is 0 Å². The predicted octanol–water partition coefficient (Wildman–Crippen LogP) is 6.50. The summed E-state index contributed by atoms with van der Waals surface area (Å²) in [6.45, 7) is 13.6. The van der Waals surface area contributed by atoms with Crippen molar-refractivity contribution in [2.45, 2.75) is 79.4 Å². The molecule has 0 bridgehead atoms. The van der Waals surface area contributed by atoms with E-state index < -0.39 is 5.60 Å². The normalized spacial score (nSPS) is 16.0. The molecule has 44 heavy (non-hydrogen) atoms. The molecule has 0 atom stereocenters. The number of benzene rings is 2. The van der Waals surface area contributed by atoms with Crippen molar-refractivity contribution in [3.05, 3.63) is 75.1 Å². The lowest BCUT2D eigenvalue weighted by Gasteiger charge is -2.34. The van der Waals surface area contributed by atoms with Crippen LogP contribution < -0.4 is 10.2 Å². The van der Waals surface area contributed by atoms with Crippen molar-refractivity contribution in [3.8, 4) is 5.69 Å². The smallest absolute Gasteiger partial charge is 0.410 e. The molecule has 1 aliphatic carbocycles. The number of nitrogens with one attached hydrogen (secondary N) is 1. The summed E-state index contributed by atoms with van der Waals surface area (Å²) in [5.41, 5.74) is 5.37. The van der Waals surface area contributed by atoms with Crippen LogP contribution in [0.2, 0.25) is 5.02 Å². The zero-order valence-electron chi connectivity index (χ0n) is 26.5. The molecule has 0 unspecified atom stereocenters. The van der Waals surface area contributed by atoms with Gasteiger partial charge >= 0.3 is 6.09 Å². The quantitative estimate of drug-likeness (QED) is 0.352. The maximum atomic E-state index is 14.2. The number of fused-ring (bicyclic) bond motifs is 2. The highest BCUT2D eigenvalue weighted by molar-refractivity contribution is 6.30. The van der Waals surface area contributed by atoms with E-state index in [9.17, 15) is 14.4 Å². The van der Waals surface area contributed by atoms with Crippen molar-refractivity contribution < 1.29 is 19.1 Å². The average Bonchev–Trinajstić information content (AvgIpc) is 3.73. The summed E-state index contributed by atoms with van der Waals surface area (Å²) in [6.07, 6.45) is 3.11. The van der Waals surface area contributed by atoms with E-state index in [2.05, 4.69) is 10.4 Å². The molecule has 6 rings (SSSR count). The van der Waals surface area contributed by atoms with E-state index in [1.165, 1.54) is 5.56 Å². The Morgan fingerprint density at radius 3 is 2.45 bits per heavy atom. The van der Waals surface area contributed by atoms with Gasteiger partial charge in [0.1, 0.15) is 11.3 Å². The summed E-state index contributed by atoms with van der Waals surface area (Å²) in [4.78, 5) is 43.7. The highest BCUT2D eigenvalue weighted by atomic mass is 35.5. The Kier molecular flexibility index (Phi) is 9.07. The first-order valence-corrected chi connectivity index (χ1v) is 15.9. The number of carbonyl (C=O) groups is 3. The summed E-state index contributed by atoms with van der Waals surface area (Å²) in [5.74, 6) is 0.0339. The molecule has 3 heterocycles. The molecule has 1 aromatic heterocycles. The minimum atomic E-state index is -0.577. The van der Waals surface area contributed by atoms with Crippen molar-refractivity contribution in [1.82, 2.24) is 20.0 Å². The van der Waals surface area contributed by atoms with Gasteiger partial charge in [0.25, 0.3) is 11.8 Å². The van der Waals surface area contributed by atoms with Crippen molar-refractivity contribution >= 4 is 35.2 Å². The van der Waals surface area contributed by atoms with Gasteiger partial charge in [-0.05, 0) is 106 Å². The van der Waals surface area contributed by atoms with E-state index in [1.54, 1.807) is 32.7 Å². The second-order valence-electron chi connectivity index (χ2n) is 12.5. The fourth-order valence-corrected chi connectivity index (χ4v) is 5.95. The second kappa shape index (κ2) is 12.6. The van der Waals surface area contributed by atoms with E-state index in [1.807, 2.05) is 59.7 Å². The number of amides is 3. The van der Waals surface area contributed by atoms with Crippen LogP contribution in [0.4, 0.5) is 10.5 Å². The molecule has 3 amide bonds. The molecule has 2 aromatic carbocycles. The molecular formula is C34H42ClN5O4. The van der Waals surface area contributed by atoms with Gasteiger partial charge in [0.2, 0.25) is 0 Å². The molecule has 1 saturated carbocycles. The Labute approximate surface area is 264 Å². The molecule has 2 aliphatic heterocycles. The molecule has 234 valence electrons. The van der Waals surface area contributed by atoms with Crippen molar-refractivity contribution in [1.29, 1.82) is 0 Å². The Balaban J connectivity index is 0.00000188. The number of carbonyl (C=O) groups excluding carboxylic acids is 3. The summed E-state index contributed by atoms with van der Waals surface area (Å²) < 4.78 is 7.17. The minimum absolute atomic E-state index is 0.232. The third kappa shape index (κ3) is 6.62. The van der Waals surface area contributed by atoms with Crippen LogP contribution in [0.25, 0.3) is 5.69 Å². The van der Waals surface area contributed by atoms with Crippen LogP contribution in [-0.2, 0) is 24.1 Å². The summed E-state index contributed by atoms with van der Waals surface area (Å²) in [5, 5.41) is 8.18. The molecule has 9 nitrogen and oxygen atoms in total. The molecule has 3 aliphatic rings. The first kappa shape index (κ1) is 31.6. The first-order chi connectivity index (χ1) is 21.0. The molecule has 10 heteroatoms. The number of hydrogen-bond donors (Lipinski definition) is 1. The third-order valence-corrected chi connectivity index (χ3v) is 8.27. The molecule has 3 aromatic rings. The lowest BCUT2D eigenvalue weighted by atomic mass is 9.93. The molecule has 1 fully saturated rings. The van der Waals surface area contributed by atoms with E-state index in [0.717, 1.165) is 36.1 Å². The molecule has 0 saturated heterocycles. The number of ether oxygens (including phenoxy) is 1. The zero-order valence-corrected chi connectivity index (χ0v) is 27.3. The van der Waals surface area contributed by atoms with Gasteiger partial charge in [-0.15, -0.1) is 0 Å². The maximum absolute atomic E-state index is 14.2. The monoisotopic (exact) mass is 619 g/mol. The van der Waals surface area contributed by atoms with E-state index in [0.29, 0.717) is 60.5 Å². The Hall–Kier alpha value is -3.85. The first-order valence-electron chi connectivity index (χ1n) is 15.6. The van der Waals surface area contributed by atoms with Gasteiger partial charge in [-0.3, -0.25) is 9.59 Å². The van der Waals surface area contributed by atoms with Crippen LogP contribution in [0.5, 0.6) is 0 Å². The third-order valence-electron chi connectivity index (χ3n) is 8.04. The van der Waals surface area contributed by atoms with Gasteiger partial charge in [0, 0.05) is 42.5 Å². The second-order valence-corrected chi connectivity index (χ2v) is 12.9. The number of aryl methyl sites for hydroxylation is 1. The number of rotatable bonds is 5. The Morgan fingerprint density at radius 2 is 1.77 bits per heavy atom. The average molecular weight is 620 g/mol. The summed E-state index contributed by atoms with van der Waals surface area (Å²) >= 11 is 6.30. The Morgan fingerprint density at radius 1 is 1.05 bits per heavy atom. The SMILES string of the molecule is CC.Cc1cc(N2CCc3c(C(=O)NCC4CC4)nn(-c4cccc(Cl)c4)c3C2=O)cc2c1CCN(C(=O)OC(C)(C)C)C2. The zero-order chi connectivity index (χ0) is 31.8. The molecule has 0 spiro atoms. The number of anilines is 1. The van der Waals surface area contributed by atoms with Gasteiger partial charge < -0.3 is 19.9 Å². The number of aromatic nitrogens is 2. The van der Waals surface area contributed by atoms with Gasteiger partial charge in [-0.25, -0.2) is 9.48 Å². The lowest BCUT2D eigenvalue weighted by Crippen LogP contribution is -2.41. The van der Waals surface area contributed by atoms with Gasteiger partial charge in [0.15, 0.2) is 5.69 Å². The van der Waals surface area contributed by atoms with E-state index in [-0.39, 0.29) is 23.6 Å². The van der Waals surface area contributed by atoms with Crippen molar-refractivity contribution in [2.75, 3.05) is 24.5 Å². The number of halogens is 1. The number of nitrogens with zero attached hydrogens (tertiary/aromatic N) is 4. The van der Waals surface area contributed by atoms with Crippen LogP contribution >= 0.6 is 11.6 Å². The van der Waals surface area contributed by atoms with Crippen LogP contribution in [0.1, 0.15) is 90.7 Å². The van der Waals surface area contributed by atoms with Crippen LogP contribution in [-0.4, -0.2) is 57.8 Å². The molecular weight excluding hydrogens is 578 g/mol. The fraction of sp³-hybridized carbons (Fsp3) is 0.471. The minimum Gasteiger partial charge on any atom is -0.444 e. The van der Waals surface area contributed by atoms with Crippen LogP contribution in [0, 0.1) is 12.8 Å². The van der Waals surface area contributed by atoms with Crippen molar-refractivity contribution in [2.24, 2.45) is 5.92 Å². The lowest BCUT2D eigenvalue weighted by molar-refractivity contribution is 0.0223. The topological polar surface area (TPSA) is 96.8 Å². The molecule has 0 radical (unpaired) electrons. The summed E-state index contributed by atoms with van der Waals surface area (Å²) in [6, 6.07) is 11.2. The number of hydrogen-bond acceptors (Lipinski definition) is 5. The predicted molar refractivity (Wildman–Crippen MR) is 172 cm³/mol. The van der Waals surface area contributed by atoms with Crippen LogP contribution in [0.3, 0.4) is 0 Å². The van der Waals surface area contributed by atoms with Gasteiger partial charge in [0.05, 0.1) is 5.69 Å². The largest absolute Gasteiger partial charge is 0.444 e. The molecule has 1 N–H and O–H groups in total. The van der Waals surface area contributed by atoms with Gasteiger partial charge in [-0.1, -0.05) is 31.5 Å². The van der Waals surface area contributed by atoms with E-state index in [4.69, 9.17) is 16.3 Å². The fourth-order valence-electron chi connectivity index (χ4n) is 5.76. The highest BCUT2D eigenvalue weighted by Crippen LogP contribution is 2.34. The Bertz CT molecular complexity index is 1590.